The Labute approximate surface area is 201 Å². The molecule has 1 aliphatic rings. The second-order valence-corrected chi connectivity index (χ2v) is 9.03. The van der Waals surface area contributed by atoms with Crippen LogP contribution in [0.3, 0.4) is 0 Å². The molecule has 0 N–H and O–H groups in total. The van der Waals surface area contributed by atoms with E-state index in [0.29, 0.717) is 42.9 Å². The van der Waals surface area contributed by atoms with Crippen LogP contribution in [0.2, 0.25) is 0 Å². The van der Waals surface area contributed by atoms with Gasteiger partial charge in [0.15, 0.2) is 10.9 Å². The largest absolute Gasteiger partial charge is 0.461 e. The summed E-state index contributed by atoms with van der Waals surface area (Å²) in [5, 5.41) is 9.32. The van der Waals surface area contributed by atoms with Crippen LogP contribution in [0.4, 0.5) is 10.1 Å². The number of piperazine rings is 1. The molecule has 0 aliphatic carbocycles. The summed E-state index contributed by atoms with van der Waals surface area (Å²) in [6.45, 7) is 4.71. The van der Waals surface area contributed by atoms with E-state index in [2.05, 4.69) is 15.1 Å². The summed E-state index contributed by atoms with van der Waals surface area (Å²) in [6, 6.07) is 18.2. The van der Waals surface area contributed by atoms with E-state index in [1.807, 2.05) is 52.8 Å². The second-order valence-electron chi connectivity index (χ2n) is 8.09. The van der Waals surface area contributed by atoms with E-state index in [-0.39, 0.29) is 17.5 Å². The van der Waals surface area contributed by atoms with Gasteiger partial charge in [0.1, 0.15) is 5.82 Å². The van der Waals surface area contributed by atoms with Crippen molar-refractivity contribution in [3.63, 3.8) is 0 Å². The molecule has 0 unspecified atom stereocenters. The van der Waals surface area contributed by atoms with Gasteiger partial charge in [-0.2, -0.15) is 0 Å². The first-order chi connectivity index (χ1) is 16.6. The SMILES string of the molecule is Cc1ccc(-n2c(SCC(=O)N3CCN(c4ccc(F)cc4)CC3)nnc2-c2ccco2)cc1. The van der Waals surface area contributed by atoms with Gasteiger partial charge >= 0.3 is 0 Å². The van der Waals surface area contributed by atoms with Crippen molar-refractivity contribution in [2.24, 2.45) is 0 Å². The average molecular weight is 478 g/mol. The molecule has 34 heavy (non-hydrogen) atoms. The number of aryl methyl sites for hydroxylation is 1. The zero-order valence-corrected chi connectivity index (χ0v) is 19.5. The Morgan fingerprint density at radius 2 is 1.68 bits per heavy atom. The van der Waals surface area contributed by atoms with Crippen LogP contribution in [0.5, 0.6) is 0 Å². The molecule has 7 nitrogen and oxygen atoms in total. The first-order valence-corrected chi connectivity index (χ1v) is 12.0. The van der Waals surface area contributed by atoms with Gasteiger partial charge in [-0.3, -0.25) is 9.36 Å². The van der Waals surface area contributed by atoms with E-state index in [1.165, 1.54) is 23.9 Å². The number of hydrogen-bond donors (Lipinski definition) is 0. The molecule has 9 heteroatoms. The zero-order chi connectivity index (χ0) is 23.5. The number of carbonyl (C=O) groups excluding carboxylic acids is 1. The number of benzene rings is 2. The van der Waals surface area contributed by atoms with E-state index in [1.54, 1.807) is 18.4 Å². The Bertz CT molecular complexity index is 1250. The third-order valence-electron chi connectivity index (χ3n) is 5.82. The molecule has 2 aromatic carbocycles. The summed E-state index contributed by atoms with van der Waals surface area (Å²) < 4.78 is 20.7. The van der Waals surface area contributed by atoms with Crippen LogP contribution in [0.25, 0.3) is 17.3 Å². The van der Waals surface area contributed by atoms with E-state index in [9.17, 15) is 9.18 Å². The first-order valence-electron chi connectivity index (χ1n) is 11.1. The molecular formula is C25H24FN5O2S. The van der Waals surface area contributed by atoms with Crippen LogP contribution >= 0.6 is 11.8 Å². The molecule has 0 saturated carbocycles. The van der Waals surface area contributed by atoms with Crippen molar-refractivity contribution in [2.45, 2.75) is 12.1 Å². The van der Waals surface area contributed by atoms with Gasteiger partial charge in [0, 0.05) is 37.6 Å². The van der Waals surface area contributed by atoms with Crippen molar-refractivity contribution in [1.82, 2.24) is 19.7 Å². The molecule has 1 fully saturated rings. The van der Waals surface area contributed by atoms with Crippen molar-refractivity contribution >= 4 is 23.4 Å². The lowest BCUT2D eigenvalue weighted by Crippen LogP contribution is -2.49. The summed E-state index contributed by atoms with van der Waals surface area (Å²) >= 11 is 1.37. The summed E-state index contributed by atoms with van der Waals surface area (Å²) in [6.07, 6.45) is 1.60. The van der Waals surface area contributed by atoms with E-state index in [0.717, 1.165) is 16.9 Å². The maximum absolute atomic E-state index is 13.2. The predicted molar refractivity (Wildman–Crippen MR) is 130 cm³/mol. The van der Waals surface area contributed by atoms with Gasteiger partial charge < -0.3 is 14.2 Å². The molecule has 1 aliphatic heterocycles. The van der Waals surface area contributed by atoms with Crippen molar-refractivity contribution < 1.29 is 13.6 Å². The van der Waals surface area contributed by atoms with Crippen LogP contribution in [-0.2, 0) is 4.79 Å². The molecule has 0 radical (unpaired) electrons. The molecule has 0 spiro atoms. The second kappa shape index (κ2) is 9.72. The average Bonchev–Trinajstić information content (AvgIpc) is 3.54. The fourth-order valence-corrected chi connectivity index (χ4v) is 4.79. The van der Waals surface area contributed by atoms with Crippen LogP contribution in [0.1, 0.15) is 5.56 Å². The highest BCUT2D eigenvalue weighted by Crippen LogP contribution is 2.29. The van der Waals surface area contributed by atoms with Gasteiger partial charge in [0.05, 0.1) is 12.0 Å². The minimum Gasteiger partial charge on any atom is -0.461 e. The molecule has 0 atom stereocenters. The van der Waals surface area contributed by atoms with Crippen LogP contribution in [0.15, 0.2) is 76.5 Å². The monoisotopic (exact) mass is 477 g/mol. The highest BCUT2D eigenvalue weighted by atomic mass is 32.2. The summed E-state index contributed by atoms with van der Waals surface area (Å²) in [4.78, 5) is 17.0. The molecule has 4 aromatic rings. The summed E-state index contributed by atoms with van der Waals surface area (Å²) in [5.41, 5.74) is 3.03. The number of anilines is 1. The minimum atomic E-state index is -0.247. The topological polar surface area (TPSA) is 67.4 Å². The molecule has 5 rings (SSSR count). The number of halogens is 1. The number of rotatable bonds is 6. The number of amides is 1. The maximum Gasteiger partial charge on any atom is 0.233 e. The fraction of sp³-hybridized carbons (Fsp3) is 0.240. The van der Waals surface area contributed by atoms with Gasteiger partial charge in [-0.25, -0.2) is 4.39 Å². The maximum atomic E-state index is 13.2. The van der Waals surface area contributed by atoms with Crippen LogP contribution < -0.4 is 4.90 Å². The molecular weight excluding hydrogens is 453 g/mol. The minimum absolute atomic E-state index is 0.0572. The molecule has 1 amide bonds. The number of nitrogens with zero attached hydrogens (tertiary/aromatic N) is 5. The highest BCUT2D eigenvalue weighted by Gasteiger charge is 2.23. The Balaban J connectivity index is 1.26. The third-order valence-corrected chi connectivity index (χ3v) is 6.73. The van der Waals surface area contributed by atoms with Gasteiger partial charge in [-0.05, 0) is 55.5 Å². The Morgan fingerprint density at radius 1 is 0.971 bits per heavy atom. The van der Waals surface area contributed by atoms with Crippen LogP contribution in [-0.4, -0.2) is 57.5 Å². The number of carbonyl (C=O) groups is 1. The van der Waals surface area contributed by atoms with E-state index < -0.39 is 0 Å². The Hall–Kier alpha value is -3.59. The van der Waals surface area contributed by atoms with Crippen molar-refractivity contribution in [1.29, 1.82) is 0 Å². The fourth-order valence-electron chi connectivity index (χ4n) is 3.94. The quantitative estimate of drug-likeness (QED) is 0.383. The lowest BCUT2D eigenvalue weighted by atomic mass is 10.2. The van der Waals surface area contributed by atoms with Crippen molar-refractivity contribution in [2.75, 3.05) is 36.8 Å². The van der Waals surface area contributed by atoms with E-state index in [4.69, 9.17) is 4.42 Å². The molecule has 1 saturated heterocycles. The van der Waals surface area contributed by atoms with Gasteiger partial charge in [0.2, 0.25) is 11.7 Å². The first kappa shape index (κ1) is 22.2. The normalized spacial score (nSPS) is 13.9. The van der Waals surface area contributed by atoms with Crippen molar-refractivity contribution in [3.05, 3.63) is 78.3 Å². The molecule has 2 aromatic heterocycles. The number of hydrogen-bond acceptors (Lipinski definition) is 6. The third kappa shape index (κ3) is 4.70. The molecule has 3 heterocycles. The van der Waals surface area contributed by atoms with Gasteiger partial charge in [0.25, 0.3) is 0 Å². The number of thioether (sulfide) groups is 1. The standard InChI is InChI=1S/C25H24FN5O2S/c1-18-4-8-21(9-5-18)31-24(22-3-2-16-33-22)27-28-25(31)34-17-23(32)30-14-12-29(13-15-30)20-10-6-19(26)7-11-20/h2-11,16H,12-15,17H2,1H3. The molecule has 0 bridgehead atoms. The summed E-state index contributed by atoms with van der Waals surface area (Å²) in [5.74, 6) is 1.28. The molecule has 174 valence electrons. The van der Waals surface area contributed by atoms with Gasteiger partial charge in [-0.15, -0.1) is 10.2 Å². The number of furan rings is 1. The predicted octanol–water partition coefficient (Wildman–Crippen LogP) is 4.42. The zero-order valence-electron chi connectivity index (χ0n) is 18.7. The lowest BCUT2D eigenvalue weighted by Gasteiger charge is -2.36. The number of aromatic nitrogens is 3. The van der Waals surface area contributed by atoms with Crippen LogP contribution in [0, 0.1) is 12.7 Å². The Kier molecular flexibility index (Phi) is 6.35. The lowest BCUT2D eigenvalue weighted by molar-refractivity contribution is -0.128. The highest BCUT2D eigenvalue weighted by molar-refractivity contribution is 7.99. The van der Waals surface area contributed by atoms with E-state index >= 15 is 0 Å². The smallest absolute Gasteiger partial charge is 0.233 e. The van der Waals surface area contributed by atoms with Gasteiger partial charge in [-0.1, -0.05) is 29.5 Å². The summed E-state index contributed by atoms with van der Waals surface area (Å²) in [7, 11) is 0. The van der Waals surface area contributed by atoms with Crippen molar-refractivity contribution in [3.8, 4) is 17.3 Å². The Morgan fingerprint density at radius 3 is 2.35 bits per heavy atom.